The number of nitrogens with one attached hydrogen (secondary N) is 1. The lowest BCUT2D eigenvalue weighted by Gasteiger charge is -2.27. The summed E-state index contributed by atoms with van der Waals surface area (Å²) in [6.07, 6.45) is 2.05. The van der Waals surface area contributed by atoms with E-state index in [0.29, 0.717) is 0 Å². The Hall–Kier alpha value is -2.66. The Kier molecular flexibility index (Phi) is 4.94. The number of benzene rings is 2. The van der Waals surface area contributed by atoms with Gasteiger partial charge >= 0.3 is 0 Å². The normalized spacial score (nSPS) is 14.2. The molecule has 0 unspecified atom stereocenters. The highest BCUT2D eigenvalue weighted by Gasteiger charge is 2.20. The lowest BCUT2D eigenvalue weighted by molar-refractivity contribution is 0.255. The number of H-pyrrole nitrogens is 1. The molecule has 0 aliphatic carbocycles. The van der Waals surface area contributed by atoms with E-state index >= 15 is 0 Å². The molecule has 3 aromatic rings. The molecule has 0 saturated carbocycles. The van der Waals surface area contributed by atoms with Gasteiger partial charge in [0.2, 0.25) is 0 Å². The van der Waals surface area contributed by atoms with Gasteiger partial charge in [-0.1, -0.05) is 6.07 Å². The smallest absolute Gasteiger partial charge is 0.160 e. The summed E-state index contributed by atoms with van der Waals surface area (Å²) in [4.78, 5) is 6.10. The Bertz CT molecular complexity index is 948. The zero-order valence-corrected chi connectivity index (χ0v) is 16.2. The van der Waals surface area contributed by atoms with Crippen LogP contribution in [0.25, 0.3) is 10.9 Å². The lowest BCUT2D eigenvalue weighted by Crippen LogP contribution is -2.32. The van der Waals surface area contributed by atoms with Crippen LogP contribution in [0.4, 0.5) is 0 Å². The molecule has 1 aliphatic rings. The first kappa shape index (κ1) is 17.7. The molecule has 1 aliphatic heterocycles. The molecule has 2 heterocycles. The second kappa shape index (κ2) is 7.53. The number of ether oxygens (including phenoxy) is 3. The van der Waals surface area contributed by atoms with Gasteiger partial charge in [0, 0.05) is 36.2 Å². The van der Waals surface area contributed by atoms with Crippen molar-refractivity contribution in [3.05, 3.63) is 53.2 Å². The largest absolute Gasteiger partial charge is 0.497 e. The average Bonchev–Trinajstić information content (AvgIpc) is 3.08. The summed E-state index contributed by atoms with van der Waals surface area (Å²) >= 11 is 0. The first-order chi connectivity index (χ1) is 13.2. The van der Waals surface area contributed by atoms with E-state index in [-0.39, 0.29) is 0 Å². The molecule has 4 rings (SSSR count). The highest BCUT2D eigenvalue weighted by Crippen LogP contribution is 2.31. The number of nitrogens with zero attached hydrogens (tertiary/aromatic N) is 1. The summed E-state index contributed by atoms with van der Waals surface area (Å²) < 4.78 is 16.1. The molecule has 0 atom stereocenters. The van der Waals surface area contributed by atoms with E-state index in [1.165, 1.54) is 27.7 Å². The minimum absolute atomic E-state index is 0.775. The maximum atomic E-state index is 5.41. The number of methoxy groups -OCH3 is 3. The van der Waals surface area contributed by atoms with Crippen molar-refractivity contribution in [3.8, 4) is 17.2 Å². The number of fused-ring (bicyclic) bond motifs is 3. The zero-order chi connectivity index (χ0) is 18.8. The van der Waals surface area contributed by atoms with Gasteiger partial charge in [0.15, 0.2) is 11.5 Å². The van der Waals surface area contributed by atoms with E-state index in [1.807, 2.05) is 12.1 Å². The fraction of sp³-hybridized carbons (Fsp3) is 0.364. The Morgan fingerprint density at radius 3 is 2.59 bits per heavy atom. The first-order valence-electron chi connectivity index (χ1n) is 9.32. The van der Waals surface area contributed by atoms with Gasteiger partial charge in [0.25, 0.3) is 0 Å². The van der Waals surface area contributed by atoms with E-state index in [2.05, 4.69) is 34.1 Å². The fourth-order valence-corrected chi connectivity index (χ4v) is 3.92. The molecule has 2 aromatic carbocycles. The standard InChI is InChI=1S/C22H26N2O3/c1-25-16-5-6-19-18(13-16)17-9-11-24(14-20(17)23-19)10-8-15-4-7-21(26-2)22(12-15)27-3/h4-7,12-13,23H,8-11,14H2,1-3H3. The fourth-order valence-electron chi connectivity index (χ4n) is 3.92. The summed E-state index contributed by atoms with van der Waals surface area (Å²) in [7, 11) is 5.06. The molecule has 5 nitrogen and oxygen atoms in total. The predicted octanol–water partition coefficient (Wildman–Crippen LogP) is 3.79. The zero-order valence-electron chi connectivity index (χ0n) is 16.2. The molecular weight excluding hydrogens is 340 g/mol. The van der Waals surface area contributed by atoms with E-state index < -0.39 is 0 Å². The Labute approximate surface area is 159 Å². The van der Waals surface area contributed by atoms with Gasteiger partial charge in [0.05, 0.1) is 21.3 Å². The quantitative estimate of drug-likeness (QED) is 0.721. The van der Waals surface area contributed by atoms with Crippen LogP contribution in [0, 0.1) is 0 Å². The van der Waals surface area contributed by atoms with Crippen LogP contribution in [0.15, 0.2) is 36.4 Å². The molecule has 1 aromatic heterocycles. The van der Waals surface area contributed by atoms with Crippen LogP contribution in [0.5, 0.6) is 17.2 Å². The number of aromatic nitrogens is 1. The number of aromatic amines is 1. The van der Waals surface area contributed by atoms with Gasteiger partial charge in [-0.25, -0.2) is 0 Å². The third-order valence-electron chi connectivity index (χ3n) is 5.43. The predicted molar refractivity (Wildman–Crippen MR) is 107 cm³/mol. The second-order valence-electron chi connectivity index (χ2n) is 6.96. The Balaban J connectivity index is 1.46. The van der Waals surface area contributed by atoms with Gasteiger partial charge in [-0.15, -0.1) is 0 Å². The molecular formula is C22H26N2O3. The maximum absolute atomic E-state index is 5.41. The van der Waals surface area contributed by atoms with Crippen LogP contribution in [-0.4, -0.2) is 44.3 Å². The summed E-state index contributed by atoms with van der Waals surface area (Å²) in [6.45, 7) is 3.05. The van der Waals surface area contributed by atoms with E-state index in [4.69, 9.17) is 14.2 Å². The summed E-state index contributed by atoms with van der Waals surface area (Å²) in [6, 6.07) is 12.4. The highest BCUT2D eigenvalue weighted by molar-refractivity contribution is 5.86. The SMILES string of the molecule is COc1ccc2[nH]c3c(c2c1)CCN(CCc1ccc(OC)c(OC)c1)C3. The molecule has 142 valence electrons. The van der Waals surface area contributed by atoms with E-state index in [1.54, 1.807) is 21.3 Å². The van der Waals surface area contributed by atoms with E-state index in [0.717, 1.165) is 49.7 Å². The monoisotopic (exact) mass is 366 g/mol. The molecule has 0 amide bonds. The molecule has 0 fully saturated rings. The van der Waals surface area contributed by atoms with Crippen molar-refractivity contribution < 1.29 is 14.2 Å². The summed E-state index contributed by atoms with van der Waals surface area (Å²) in [5.41, 5.74) is 5.23. The molecule has 1 N–H and O–H groups in total. The first-order valence-corrected chi connectivity index (χ1v) is 9.32. The van der Waals surface area contributed by atoms with Crippen molar-refractivity contribution in [2.75, 3.05) is 34.4 Å². The summed E-state index contributed by atoms with van der Waals surface area (Å²) in [5, 5.41) is 1.30. The van der Waals surface area contributed by atoms with Crippen LogP contribution in [0.3, 0.4) is 0 Å². The van der Waals surface area contributed by atoms with Crippen LogP contribution in [0.1, 0.15) is 16.8 Å². The maximum Gasteiger partial charge on any atom is 0.160 e. The second-order valence-corrected chi connectivity index (χ2v) is 6.96. The van der Waals surface area contributed by atoms with Gasteiger partial charge in [0.1, 0.15) is 5.75 Å². The van der Waals surface area contributed by atoms with Gasteiger partial charge in [-0.2, -0.15) is 0 Å². The Morgan fingerprint density at radius 2 is 1.81 bits per heavy atom. The lowest BCUT2D eigenvalue weighted by atomic mass is 10.0. The van der Waals surface area contributed by atoms with Gasteiger partial charge in [-0.05, 0) is 54.3 Å². The van der Waals surface area contributed by atoms with Crippen molar-refractivity contribution in [2.24, 2.45) is 0 Å². The minimum Gasteiger partial charge on any atom is -0.497 e. The third kappa shape index (κ3) is 3.47. The Morgan fingerprint density at radius 1 is 0.963 bits per heavy atom. The summed E-state index contributed by atoms with van der Waals surface area (Å²) in [5.74, 6) is 2.48. The minimum atomic E-state index is 0.775. The van der Waals surface area contributed by atoms with Crippen molar-refractivity contribution >= 4 is 10.9 Å². The molecule has 0 radical (unpaired) electrons. The van der Waals surface area contributed by atoms with Crippen molar-refractivity contribution in [1.29, 1.82) is 0 Å². The average molecular weight is 366 g/mol. The van der Waals surface area contributed by atoms with Crippen molar-refractivity contribution in [1.82, 2.24) is 9.88 Å². The van der Waals surface area contributed by atoms with Crippen molar-refractivity contribution in [3.63, 3.8) is 0 Å². The van der Waals surface area contributed by atoms with Crippen LogP contribution in [-0.2, 0) is 19.4 Å². The number of hydrogen-bond acceptors (Lipinski definition) is 4. The van der Waals surface area contributed by atoms with Gasteiger partial charge in [-0.3, -0.25) is 4.90 Å². The van der Waals surface area contributed by atoms with Crippen LogP contribution in [0.2, 0.25) is 0 Å². The number of hydrogen-bond donors (Lipinski definition) is 1. The van der Waals surface area contributed by atoms with Crippen LogP contribution >= 0.6 is 0 Å². The molecule has 0 bridgehead atoms. The number of rotatable bonds is 6. The topological polar surface area (TPSA) is 46.7 Å². The molecule has 0 spiro atoms. The third-order valence-corrected chi connectivity index (χ3v) is 5.43. The van der Waals surface area contributed by atoms with Crippen LogP contribution < -0.4 is 14.2 Å². The molecule has 0 saturated heterocycles. The van der Waals surface area contributed by atoms with Crippen molar-refractivity contribution in [2.45, 2.75) is 19.4 Å². The van der Waals surface area contributed by atoms with E-state index in [9.17, 15) is 0 Å². The van der Waals surface area contributed by atoms with Gasteiger partial charge < -0.3 is 19.2 Å². The molecule has 27 heavy (non-hydrogen) atoms. The molecule has 5 heteroatoms. The highest BCUT2D eigenvalue weighted by atomic mass is 16.5.